The molecule has 0 atom stereocenters. The van der Waals surface area contributed by atoms with Gasteiger partial charge in [0.2, 0.25) is 0 Å². The van der Waals surface area contributed by atoms with Crippen molar-refractivity contribution in [2.24, 2.45) is 0 Å². The third kappa shape index (κ3) is 3.61. The van der Waals surface area contributed by atoms with Crippen molar-refractivity contribution in [3.63, 3.8) is 0 Å². The smallest absolute Gasteiger partial charge is 0.319 e. The Bertz CT molecular complexity index is 937. The fourth-order valence-corrected chi connectivity index (χ4v) is 3.55. The standard InChI is InChI=1S/C20H19NO3S/c1-20(2,19(22)23)25-18-9-10-21-17-8-7-14(12-16(17)18)13-5-4-6-15(11-13)24-3/h4-12H,1-3H3,(H,22,23). The van der Waals surface area contributed by atoms with Gasteiger partial charge in [0, 0.05) is 16.5 Å². The average Bonchev–Trinajstić information content (AvgIpc) is 2.61. The molecule has 0 aliphatic heterocycles. The van der Waals surface area contributed by atoms with Crippen molar-refractivity contribution in [3.8, 4) is 16.9 Å². The van der Waals surface area contributed by atoms with E-state index < -0.39 is 10.7 Å². The Labute approximate surface area is 150 Å². The van der Waals surface area contributed by atoms with Gasteiger partial charge in [0.1, 0.15) is 10.5 Å². The molecule has 5 heteroatoms. The number of nitrogens with zero attached hydrogens (tertiary/aromatic N) is 1. The number of carboxylic acid groups (broad SMARTS) is 1. The van der Waals surface area contributed by atoms with E-state index in [9.17, 15) is 9.90 Å². The number of rotatable bonds is 5. The second kappa shape index (κ2) is 6.76. The number of hydrogen-bond acceptors (Lipinski definition) is 4. The van der Waals surface area contributed by atoms with Crippen molar-refractivity contribution in [1.82, 2.24) is 4.98 Å². The van der Waals surface area contributed by atoms with E-state index in [1.807, 2.05) is 42.5 Å². The highest BCUT2D eigenvalue weighted by Crippen LogP contribution is 2.38. The van der Waals surface area contributed by atoms with Gasteiger partial charge in [-0.05, 0) is 55.3 Å². The van der Waals surface area contributed by atoms with E-state index in [-0.39, 0.29) is 0 Å². The summed E-state index contributed by atoms with van der Waals surface area (Å²) in [5, 5.41) is 10.4. The van der Waals surface area contributed by atoms with Crippen molar-refractivity contribution >= 4 is 28.6 Å². The Hall–Kier alpha value is -2.53. The third-order valence-electron chi connectivity index (χ3n) is 3.98. The fourth-order valence-electron chi connectivity index (χ4n) is 2.51. The maximum Gasteiger partial charge on any atom is 0.319 e. The van der Waals surface area contributed by atoms with Crippen molar-refractivity contribution in [2.75, 3.05) is 7.11 Å². The number of fused-ring (bicyclic) bond motifs is 1. The van der Waals surface area contributed by atoms with Crippen LogP contribution in [0.3, 0.4) is 0 Å². The van der Waals surface area contributed by atoms with Crippen molar-refractivity contribution in [2.45, 2.75) is 23.5 Å². The van der Waals surface area contributed by atoms with Gasteiger partial charge in [-0.1, -0.05) is 18.2 Å². The predicted octanol–water partition coefficient (Wildman–Crippen LogP) is 4.87. The quantitative estimate of drug-likeness (QED) is 0.663. The Kier molecular flexibility index (Phi) is 4.68. The number of thioether (sulfide) groups is 1. The number of carbonyl (C=O) groups is 1. The van der Waals surface area contributed by atoms with E-state index in [2.05, 4.69) is 11.1 Å². The number of aromatic nitrogens is 1. The summed E-state index contributed by atoms with van der Waals surface area (Å²) < 4.78 is 4.38. The van der Waals surface area contributed by atoms with Crippen LogP contribution in [0.2, 0.25) is 0 Å². The Morgan fingerprint density at radius 2 is 1.88 bits per heavy atom. The minimum atomic E-state index is -0.916. The topological polar surface area (TPSA) is 59.4 Å². The normalized spacial score (nSPS) is 11.5. The number of carboxylic acids is 1. The molecule has 3 rings (SSSR count). The van der Waals surface area contributed by atoms with Crippen LogP contribution in [0, 0.1) is 0 Å². The molecule has 0 aliphatic carbocycles. The maximum absolute atomic E-state index is 11.5. The second-order valence-corrected chi connectivity index (χ2v) is 7.86. The maximum atomic E-state index is 11.5. The lowest BCUT2D eigenvalue weighted by Gasteiger charge is -2.19. The van der Waals surface area contributed by atoms with Crippen LogP contribution in [-0.4, -0.2) is 27.9 Å². The number of aliphatic carboxylic acids is 1. The molecule has 1 N–H and O–H groups in total. The van der Waals surface area contributed by atoms with Crippen LogP contribution in [-0.2, 0) is 4.79 Å². The number of hydrogen-bond donors (Lipinski definition) is 1. The molecule has 0 aliphatic rings. The summed E-state index contributed by atoms with van der Waals surface area (Å²) in [7, 11) is 1.64. The van der Waals surface area contributed by atoms with Gasteiger partial charge in [0.05, 0.1) is 12.6 Å². The predicted molar refractivity (Wildman–Crippen MR) is 101 cm³/mol. The number of methoxy groups -OCH3 is 1. The molecule has 25 heavy (non-hydrogen) atoms. The Morgan fingerprint density at radius 3 is 2.60 bits per heavy atom. The van der Waals surface area contributed by atoms with Crippen LogP contribution in [0.15, 0.2) is 59.6 Å². The zero-order valence-electron chi connectivity index (χ0n) is 14.3. The van der Waals surface area contributed by atoms with Crippen LogP contribution in [0.4, 0.5) is 0 Å². The fraction of sp³-hybridized carbons (Fsp3) is 0.200. The summed E-state index contributed by atoms with van der Waals surface area (Å²) in [4.78, 5) is 16.8. The molecular formula is C20H19NO3S. The van der Waals surface area contributed by atoms with Crippen molar-refractivity contribution < 1.29 is 14.6 Å². The van der Waals surface area contributed by atoms with Crippen LogP contribution < -0.4 is 4.74 Å². The summed E-state index contributed by atoms with van der Waals surface area (Å²) in [5.41, 5.74) is 2.92. The lowest BCUT2D eigenvalue weighted by Crippen LogP contribution is -2.26. The molecule has 0 saturated carbocycles. The van der Waals surface area contributed by atoms with Crippen molar-refractivity contribution in [1.29, 1.82) is 0 Å². The van der Waals surface area contributed by atoms with Crippen LogP contribution >= 0.6 is 11.8 Å². The molecule has 4 nitrogen and oxygen atoms in total. The molecule has 1 heterocycles. The Morgan fingerprint density at radius 1 is 1.12 bits per heavy atom. The van der Waals surface area contributed by atoms with E-state index in [1.54, 1.807) is 27.2 Å². The summed E-state index contributed by atoms with van der Waals surface area (Å²) >= 11 is 1.33. The van der Waals surface area contributed by atoms with Gasteiger partial charge in [0.15, 0.2) is 0 Å². The summed E-state index contributed by atoms with van der Waals surface area (Å²) in [6, 6.07) is 15.8. The molecule has 0 amide bonds. The first-order valence-corrected chi connectivity index (χ1v) is 8.68. The summed E-state index contributed by atoms with van der Waals surface area (Å²) in [6.45, 7) is 3.41. The first-order chi connectivity index (χ1) is 11.9. The molecule has 128 valence electrons. The van der Waals surface area contributed by atoms with Gasteiger partial charge in [-0.2, -0.15) is 0 Å². The van der Waals surface area contributed by atoms with Gasteiger partial charge < -0.3 is 9.84 Å². The molecule has 0 unspecified atom stereocenters. The van der Waals surface area contributed by atoms with Gasteiger partial charge in [-0.3, -0.25) is 9.78 Å². The highest BCUT2D eigenvalue weighted by molar-refractivity contribution is 8.01. The van der Waals surface area contributed by atoms with Crippen molar-refractivity contribution in [3.05, 3.63) is 54.7 Å². The van der Waals surface area contributed by atoms with E-state index >= 15 is 0 Å². The van der Waals surface area contributed by atoms with E-state index in [1.165, 1.54) is 11.8 Å². The van der Waals surface area contributed by atoms with E-state index in [0.29, 0.717) is 0 Å². The zero-order valence-corrected chi connectivity index (χ0v) is 15.1. The molecule has 0 spiro atoms. The summed E-state index contributed by atoms with van der Waals surface area (Å²) in [6.07, 6.45) is 1.72. The molecule has 0 saturated heterocycles. The zero-order chi connectivity index (χ0) is 18.0. The minimum absolute atomic E-state index is 0.797. The highest BCUT2D eigenvalue weighted by atomic mass is 32.2. The highest BCUT2D eigenvalue weighted by Gasteiger charge is 2.29. The number of benzene rings is 2. The van der Waals surface area contributed by atoms with Gasteiger partial charge >= 0.3 is 5.97 Å². The second-order valence-electron chi connectivity index (χ2n) is 6.19. The number of pyridine rings is 1. The Balaban J connectivity index is 2.09. The molecular weight excluding hydrogens is 334 g/mol. The molecule has 1 aromatic heterocycles. The molecule has 0 fully saturated rings. The van der Waals surface area contributed by atoms with Crippen LogP contribution in [0.5, 0.6) is 5.75 Å². The molecule has 0 bridgehead atoms. The average molecular weight is 353 g/mol. The first-order valence-electron chi connectivity index (χ1n) is 7.86. The van der Waals surface area contributed by atoms with Crippen LogP contribution in [0.25, 0.3) is 22.0 Å². The molecule has 0 radical (unpaired) electrons. The molecule has 3 aromatic rings. The third-order valence-corrected chi connectivity index (χ3v) is 5.25. The SMILES string of the molecule is COc1cccc(-c2ccc3nccc(SC(C)(C)C(=O)O)c3c2)c1. The van der Waals surface area contributed by atoms with E-state index in [4.69, 9.17) is 4.74 Å². The van der Waals surface area contributed by atoms with Gasteiger partial charge in [-0.25, -0.2) is 0 Å². The van der Waals surface area contributed by atoms with Crippen LogP contribution in [0.1, 0.15) is 13.8 Å². The van der Waals surface area contributed by atoms with Gasteiger partial charge in [-0.15, -0.1) is 11.8 Å². The lowest BCUT2D eigenvalue weighted by molar-refractivity contribution is -0.138. The summed E-state index contributed by atoms with van der Waals surface area (Å²) in [5.74, 6) is -0.0446. The monoisotopic (exact) mass is 353 g/mol. The van der Waals surface area contributed by atoms with Gasteiger partial charge in [0.25, 0.3) is 0 Å². The van der Waals surface area contributed by atoms with E-state index in [0.717, 1.165) is 32.7 Å². The lowest BCUT2D eigenvalue weighted by atomic mass is 10.0. The molecule has 2 aromatic carbocycles. The minimum Gasteiger partial charge on any atom is -0.497 e. The number of ether oxygens (including phenoxy) is 1. The largest absolute Gasteiger partial charge is 0.497 e. The first kappa shape index (κ1) is 17.3.